The minimum Gasteiger partial charge on any atom is -0.491 e. The maximum atomic E-state index is 14.4. The molecule has 1 aliphatic rings. The van der Waals surface area contributed by atoms with Crippen LogP contribution in [0, 0.1) is 5.82 Å². The van der Waals surface area contributed by atoms with E-state index in [1.54, 1.807) is 6.92 Å². The standard InChI is InChI=1S/C16H22BFO5/c1-7-21-12-9-10(8-11(13(12)18)14(19)20-6)17-22-15(2,3)16(4,5)23-17/h8-9H,7H2,1-6H3. The largest absolute Gasteiger partial charge is 0.494 e. The number of methoxy groups -OCH3 is 1. The Bertz CT molecular complexity index is 599. The lowest BCUT2D eigenvalue weighted by Crippen LogP contribution is -2.41. The summed E-state index contributed by atoms with van der Waals surface area (Å²) in [5.41, 5.74) is -0.774. The molecule has 0 N–H and O–H groups in total. The summed E-state index contributed by atoms with van der Waals surface area (Å²) in [6.45, 7) is 9.67. The second-order valence-corrected chi connectivity index (χ2v) is 6.39. The van der Waals surface area contributed by atoms with Crippen molar-refractivity contribution < 1.29 is 28.0 Å². The van der Waals surface area contributed by atoms with Gasteiger partial charge in [0.2, 0.25) is 0 Å². The fourth-order valence-corrected chi connectivity index (χ4v) is 2.25. The van der Waals surface area contributed by atoms with Gasteiger partial charge in [-0.1, -0.05) is 0 Å². The van der Waals surface area contributed by atoms with Gasteiger partial charge in [-0.3, -0.25) is 0 Å². The molecule has 1 saturated heterocycles. The molecule has 1 fully saturated rings. The average Bonchev–Trinajstić information content (AvgIpc) is 2.69. The maximum Gasteiger partial charge on any atom is 0.494 e. The van der Waals surface area contributed by atoms with Gasteiger partial charge in [-0.2, -0.15) is 0 Å². The summed E-state index contributed by atoms with van der Waals surface area (Å²) in [7, 11) is 0.479. The molecular weight excluding hydrogens is 302 g/mol. The summed E-state index contributed by atoms with van der Waals surface area (Å²) in [4.78, 5) is 11.8. The highest BCUT2D eigenvalue weighted by Crippen LogP contribution is 2.37. The van der Waals surface area contributed by atoms with Crippen LogP contribution in [-0.4, -0.2) is 38.0 Å². The topological polar surface area (TPSA) is 54.0 Å². The fourth-order valence-electron chi connectivity index (χ4n) is 2.25. The van der Waals surface area contributed by atoms with Crippen LogP contribution in [0.5, 0.6) is 5.75 Å². The van der Waals surface area contributed by atoms with E-state index >= 15 is 0 Å². The van der Waals surface area contributed by atoms with Crippen molar-refractivity contribution in [2.45, 2.75) is 45.8 Å². The second-order valence-electron chi connectivity index (χ2n) is 6.39. The van der Waals surface area contributed by atoms with E-state index in [-0.39, 0.29) is 17.9 Å². The Morgan fingerprint density at radius 2 is 1.78 bits per heavy atom. The Balaban J connectivity index is 2.47. The van der Waals surface area contributed by atoms with Crippen molar-refractivity contribution in [1.82, 2.24) is 0 Å². The van der Waals surface area contributed by atoms with Gasteiger partial charge in [-0.05, 0) is 52.2 Å². The van der Waals surface area contributed by atoms with Crippen LogP contribution < -0.4 is 10.2 Å². The second kappa shape index (κ2) is 6.13. The molecule has 5 nitrogen and oxygen atoms in total. The van der Waals surface area contributed by atoms with Crippen LogP contribution in [0.15, 0.2) is 12.1 Å². The number of ether oxygens (including phenoxy) is 2. The molecule has 126 valence electrons. The fraction of sp³-hybridized carbons (Fsp3) is 0.562. The van der Waals surface area contributed by atoms with Gasteiger partial charge in [0.15, 0.2) is 11.6 Å². The molecule has 0 aromatic heterocycles. The molecule has 0 unspecified atom stereocenters. The first kappa shape index (κ1) is 17.8. The van der Waals surface area contributed by atoms with Crippen molar-refractivity contribution >= 4 is 18.6 Å². The molecule has 0 aliphatic carbocycles. The number of esters is 1. The zero-order valence-electron chi connectivity index (χ0n) is 14.4. The zero-order valence-corrected chi connectivity index (χ0v) is 14.4. The average molecular weight is 324 g/mol. The first-order chi connectivity index (χ1) is 10.6. The van der Waals surface area contributed by atoms with Crippen molar-refractivity contribution in [2.24, 2.45) is 0 Å². The van der Waals surface area contributed by atoms with Crippen molar-refractivity contribution in [3.8, 4) is 5.75 Å². The summed E-state index contributed by atoms with van der Waals surface area (Å²) < 4.78 is 36.2. The predicted molar refractivity (Wildman–Crippen MR) is 84.6 cm³/mol. The van der Waals surface area contributed by atoms with Gasteiger partial charge in [-0.15, -0.1) is 0 Å². The Kier molecular flexibility index (Phi) is 4.73. The SMILES string of the molecule is CCOc1cc(B2OC(C)(C)C(C)(C)O2)cc(C(=O)OC)c1F. The summed E-state index contributed by atoms with van der Waals surface area (Å²) >= 11 is 0. The van der Waals surface area contributed by atoms with E-state index in [9.17, 15) is 9.18 Å². The van der Waals surface area contributed by atoms with E-state index in [4.69, 9.17) is 14.0 Å². The van der Waals surface area contributed by atoms with Crippen LogP contribution in [0.1, 0.15) is 45.0 Å². The van der Waals surface area contributed by atoms with E-state index < -0.39 is 30.1 Å². The lowest BCUT2D eigenvalue weighted by Gasteiger charge is -2.32. The monoisotopic (exact) mass is 324 g/mol. The molecule has 0 radical (unpaired) electrons. The highest BCUT2D eigenvalue weighted by atomic mass is 19.1. The van der Waals surface area contributed by atoms with Gasteiger partial charge in [0.05, 0.1) is 30.5 Å². The molecule has 0 saturated carbocycles. The number of carbonyl (C=O) groups is 1. The minimum atomic E-state index is -0.776. The Hall–Kier alpha value is -1.60. The number of carbonyl (C=O) groups excluding carboxylic acids is 1. The third kappa shape index (κ3) is 3.21. The highest BCUT2D eigenvalue weighted by molar-refractivity contribution is 6.62. The predicted octanol–water partition coefficient (Wildman–Crippen LogP) is 2.31. The molecule has 7 heteroatoms. The molecule has 0 atom stereocenters. The normalized spacial score (nSPS) is 18.8. The van der Waals surface area contributed by atoms with Crippen molar-refractivity contribution in [3.05, 3.63) is 23.5 Å². The molecule has 1 heterocycles. The van der Waals surface area contributed by atoms with Crippen LogP contribution in [0.4, 0.5) is 4.39 Å². The zero-order chi connectivity index (χ0) is 17.4. The molecule has 2 rings (SSSR count). The lowest BCUT2D eigenvalue weighted by atomic mass is 9.78. The quantitative estimate of drug-likeness (QED) is 0.628. The van der Waals surface area contributed by atoms with Crippen molar-refractivity contribution in [2.75, 3.05) is 13.7 Å². The number of benzene rings is 1. The van der Waals surface area contributed by atoms with Gasteiger partial charge in [-0.25, -0.2) is 9.18 Å². The Morgan fingerprint density at radius 1 is 1.22 bits per heavy atom. The maximum absolute atomic E-state index is 14.4. The van der Waals surface area contributed by atoms with Crippen molar-refractivity contribution in [3.63, 3.8) is 0 Å². The molecule has 1 aromatic carbocycles. The van der Waals surface area contributed by atoms with E-state index in [1.807, 2.05) is 27.7 Å². The summed E-state index contributed by atoms with van der Waals surface area (Å²) in [5.74, 6) is -1.55. The van der Waals surface area contributed by atoms with Crippen molar-refractivity contribution in [1.29, 1.82) is 0 Å². The first-order valence-electron chi connectivity index (χ1n) is 7.53. The Labute approximate surface area is 136 Å². The highest BCUT2D eigenvalue weighted by Gasteiger charge is 2.52. The first-order valence-corrected chi connectivity index (χ1v) is 7.53. The van der Waals surface area contributed by atoms with Crippen LogP contribution in [0.2, 0.25) is 0 Å². The molecular formula is C16H22BFO5. The van der Waals surface area contributed by atoms with Gasteiger partial charge in [0.1, 0.15) is 0 Å². The van der Waals surface area contributed by atoms with Gasteiger partial charge in [0, 0.05) is 0 Å². The van der Waals surface area contributed by atoms with E-state index in [1.165, 1.54) is 19.2 Å². The number of hydrogen-bond acceptors (Lipinski definition) is 5. The summed E-state index contributed by atoms with van der Waals surface area (Å²) in [6.07, 6.45) is 0. The number of hydrogen-bond donors (Lipinski definition) is 0. The van der Waals surface area contributed by atoms with Gasteiger partial charge in [0.25, 0.3) is 0 Å². The Morgan fingerprint density at radius 3 is 2.26 bits per heavy atom. The van der Waals surface area contributed by atoms with Gasteiger partial charge >= 0.3 is 13.1 Å². The molecule has 1 aliphatic heterocycles. The summed E-state index contributed by atoms with van der Waals surface area (Å²) in [5, 5.41) is 0. The van der Waals surface area contributed by atoms with E-state index in [2.05, 4.69) is 4.74 Å². The molecule has 1 aromatic rings. The molecule has 0 amide bonds. The third-order valence-electron chi connectivity index (χ3n) is 4.29. The van der Waals surface area contributed by atoms with Crippen LogP contribution >= 0.6 is 0 Å². The van der Waals surface area contributed by atoms with E-state index in [0.717, 1.165) is 0 Å². The number of halogens is 1. The van der Waals surface area contributed by atoms with Gasteiger partial charge < -0.3 is 18.8 Å². The molecule has 23 heavy (non-hydrogen) atoms. The lowest BCUT2D eigenvalue weighted by molar-refractivity contribution is 0.00578. The smallest absolute Gasteiger partial charge is 0.491 e. The number of rotatable bonds is 4. The van der Waals surface area contributed by atoms with Crippen LogP contribution in [0.25, 0.3) is 0 Å². The van der Waals surface area contributed by atoms with Crippen LogP contribution in [-0.2, 0) is 14.0 Å². The molecule has 0 bridgehead atoms. The summed E-state index contributed by atoms with van der Waals surface area (Å²) in [6, 6.07) is 2.87. The molecule has 0 spiro atoms. The van der Waals surface area contributed by atoms with E-state index in [0.29, 0.717) is 5.46 Å². The third-order valence-corrected chi connectivity index (χ3v) is 4.29. The minimum absolute atomic E-state index is 0.0277. The van der Waals surface area contributed by atoms with Crippen LogP contribution in [0.3, 0.4) is 0 Å².